The molecule has 6 rings (SSSR count). The van der Waals surface area contributed by atoms with E-state index in [2.05, 4.69) is 39.1 Å². The molecule has 54 heavy (non-hydrogen) atoms. The zero-order valence-electron chi connectivity index (χ0n) is 30.1. The second kappa shape index (κ2) is 17.8. The third-order valence-electron chi connectivity index (χ3n) is 8.77. The normalized spacial score (nSPS) is 13.2. The zero-order valence-corrected chi connectivity index (χ0v) is 31.7. The lowest BCUT2D eigenvalue weighted by molar-refractivity contribution is -0.115. The van der Waals surface area contributed by atoms with E-state index in [0.717, 1.165) is 41.4 Å². The van der Waals surface area contributed by atoms with Gasteiger partial charge in [-0.2, -0.15) is 5.26 Å². The van der Waals surface area contributed by atoms with Gasteiger partial charge in [0, 0.05) is 46.2 Å². The van der Waals surface area contributed by atoms with E-state index in [-0.39, 0.29) is 11.6 Å². The van der Waals surface area contributed by atoms with Crippen molar-refractivity contribution < 1.29 is 23.9 Å². The van der Waals surface area contributed by atoms with E-state index in [9.17, 15) is 19.6 Å². The van der Waals surface area contributed by atoms with Gasteiger partial charge in [-0.25, -0.2) is 0 Å². The minimum atomic E-state index is -0.565. The number of nitrogens with zero attached hydrogens (tertiary/aromatic N) is 2. The molecule has 1 atom stereocenters. The van der Waals surface area contributed by atoms with Gasteiger partial charge < -0.3 is 25.4 Å². The molecule has 0 fully saturated rings. The molecule has 0 aliphatic carbocycles. The summed E-state index contributed by atoms with van der Waals surface area (Å²) in [6.07, 6.45) is 2.28. The van der Waals surface area contributed by atoms with Gasteiger partial charge in [-0.05, 0) is 66.9 Å². The fraction of sp³-hybridized carbons (Fsp3) is 0.190. The van der Waals surface area contributed by atoms with Gasteiger partial charge >= 0.3 is 0 Å². The first-order valence-corrected chi connectivity index (χ1v) is 18.9. The van der Waals surface area contributed by atoms with Crippen LogP contribution in [0.4, 0.5) is 10.7 Å². The van der Waals surface area contributed by atoms with E-state index >= 15 is 0 Å². The summed E-state index contributed by atoms with van der Waals surface area (Å²) < 4.78 is 11.0. The van der Waals surface area contributed by atoms with Crippen LogP contribution in [-0.2, 0) is 29.1 Å². The molecular weight excluding hydrogens is 719 g/mol. The highest BCUT2D eigenvalue weighted by atomic mass is 32.2. The first-order valence-electron chi connectivity index (χ1n) is 17.2. The minimum absolute atomic E-state index is 0.0173. The lowest BCUT2D eigenvalue weighted by atomic mass is 10.0. The summed E-state index contributed by atoms with van der Waals surface area (Å²) in [4.78, 5) is 44.6. The highest BCUT2D eigenvalue weighted by Gasteiger charge is 2.27. The monoisotopic (exact) mass is 757 g/mol. The number of nitrogens with one attached hydrogen (secondary N) is 3. The van der Waals surface area contributed by atoms with Crippen LogP contribution in [-0.4, -0.2) is 48.6 Å². The SMILES string of the molecule is COc1cccc(/C=C(/NC(=O)c2ccccc2)C(=O)Nc2cccc(SC(C)C(=O)Nc3sc4c(c3C#N)CCN(Cc3ccccc3)C4)c2)c1OC. The van der Waals surface area contributed by atoms with Gasteiger partial charge in [0.15, 0.2) is 11.5 Å². The topological polar surface area (TPSA) is 133 Å². The largest absolute Gasteiger partial charge is 0.493 e. The van der Waals surface area contributed by atoms with Crippen molar-refractivity contribution in [1.29, 1.82) is 5.26 Å². The van der Waals surface area contributed by atoms with Gasteiger partial charge in [0.25, 0.3) is 11.8 Å². The number of anilines is 2. The Bertz CT molecular complexity index is 2220. The van der Waals surface area contributed by atoms with Crippen LogP contribution in [0.2, 0.25) is 0 Å². The van der Waals surface area contributed by atoms with Crippen LogP contribution in [0.1, 0.15) is 44.4 Å². The molecule has 0 bridgehead atoms. The zero-order chi connectivity index (χ0) is 38.0. The number of hydrogen-bond donors (Lipinski definition) is 3. The summed E-state index contributed by atoms with van der Waals surface area (Å²) in [5, 5.41) is 18.8. The fourth-order valence-electron chi connectivity index (χ4n) is 6.08. The molecule has 1 unspecified atom stereocenters. The van der Waals surface area contributed by atoms with E-state index in [1.54, 1.807) is 73.7 Å². The van der Waals surface area contributed by atoms with Crippen LogP contribution in [0.3, 0.4) is 0 Å². The summed E-state index contributed by atoms with van der Waals surface area (Å²) in [6, 6.07) is 33.6. The number of para-hydroxylation sites is 1. The lowest BCUT2D eigenvalue weighted by Gasteiger charge is -2.26. The number of ether oxygens (including phenoxy) is 2. The number of amides is 3. The van der Waals surface area contributed by atoms with Crippen LogP contribution in [0.15, 0.2) is 114 Å². The van der Waals surface area contributed by atoms with E-state index in [0.29, 0.717) is 38.9 Å². The maximum Gasteiger partial charge on any atom is 0.272 e. The molecule has 3 N–H and O–H groups in total. The van der Waals surface area contributed by atoms with Crippen LogP contribution in [0, 0.1) is 11.3 Å². The molecule has 274 valence electrons. The van der Waals surface area contributed by atoms with E-state index in [4.69, 9.17) is 9.47 Å². The number of rotatable bonds is 13. The number of thiophene rings is 1. The van der Waals surface area contributed by atoms with Crippen molar-refractivity contribution in [3.05, 3.63) is 142 Å². The second-order valence-electron chi connectivity index (χ2n) is 12.5. The Hall–Kier alpha value is -5.87. The average Bonchev–Trinajstić information content (AvgIpc) is 3.54. The van der Waals surface area contributed by atoms with Crippen molar-refractivity contribution in [2.75, 3.05) is 31.4 Å². The fourth-order valence-corrected chi connectivity index (χ4v) is 8.25. The highest BCUT2D eigenvalue weighted by molar-refractivity contribution is 8.00. The van der Waals surface area contributed by atoms with Gasteiger partial charge in [0.1, 0.15) is 16.8 Å². The number of hydrogen-bond acceptors (Lipinski definition) is 9. The third kappa shape index (κ3) is 9.19. The number of nitriles is 1. The Labute approximate surface area is 322 Å². The molecular formula is C42H39N5O5S2. The Balaban J connectivity index is 1.14. The Morgan fingerprint density at radius 1 is 0.944 bits per heavy atom. The molecule has 12 heteroatoms. The number of benzene rings is 4. The second-order valence-corrected chi connectivity index (χ2v) is 15.0. The van der Waals surface area contributed by atoms with Gasteiger partial charge in [0.05, 0.1) is 25.0 Å². The lowest BCUT2D eigenvalue weighted by Crippen LogP contribution is -2.30. The van der Waals surface area contributed by atoms with Crippen molar-refractivity contribution in [2.24, 2.45) is 0 Å². The number of fused-ring (bicyclic) bond motifs is 1. The van der Waals surface area contributed by atoms with E-state index in [1.807, 2.05) is 24.3 Å². The molecule has 0 saturated carbocycles. The molecule has 1 aromatic heterocycles. The Morgan fingerprint density at radius 2 is 1.69 bits per heavy atom. The number of methoxy groups -OCH3 is 2. The number of carbonyl (C=O) groups excluding carboxylic acids is 3. The van der Waals surface area contributed by atoms with Crippen LogP contribution >= 0.6 is 23.1 Å². The number of carbonyl (C=O) groups is 3. The van der Waals surface area contributed by atoms with Crippen LogP contribution in [0.25, 0.3) is 6.08 Å². The van der Waals surface area contributed by atoms with Gasteiger partial charge in [-0.1, -0.05) is 66.7 Å². The van der Waals surface area contributed by atoms with Crippen molar-refractivity contribution in [2.45, 2.75) is 36.6 Å². The summed E-state index contributed by atoms with van der Waals surface area (Å²) in [5.74, 6) is -0.383. The molecule has 0 saturated heterocycles. The Morgan fingerprint density at radius 3 is 2.41 bits per heavy atom. The van der Waals surface area contributed by atoms with Gasteiger partial charge in [-0.3, -0.25) is 19.3 Å². The van der Waals surface area contributed by atoms with Crippen LogP contribution < -0.4 is 25.4 Å². The molecule has 5 aromatic rings. The first kappa shape index (κ1) is 37.9. The molecule has 10 nitrogen and oxygen atoms in total. The molecule has 2 heterocycles. The van der Waals surface area contributed by atoms with E-state index < -0.39 is 17.1 Å². The summed E-state index contributed by atoms with van der Waals surface area (Å²) >= 11 is 2.79. The van der Waals surface area contributed by atoms with Crippen molar-refractivity contribution in [1.82, 2.24) is 10.2 Å². The third-order valence-corrected chi connectivity index (χ3v) is 11.0. The molecule has 0 spiro atoms. The Kier molecular flexibility index (Phi) is 12.5. The maximum atomic E-state index is 13.8. The van der Waals surface area contributed by atoms with Crippen LogP contribution in [0.5, 0.6) is 11.5 Å². The summed E-state index contributed by atoms with van der Waals surface area (Å²) in [5.41, 5.74) is 4.15. The molecule has 3 amide bonds. The maximum absolute atomic E-state index is 13.8. The predicted octanol–water partition coefficient (Wildman–Crippen LogP) is 7.72. The van der Waals surface area contributed by atoms with Gasteiger partial charge in [-0.15, -0.1) is 23.1 Å². The van der Waals surface area contributed by atoms with Crippen molar-refractivity contribution >= 4 is 57.6 Å². The minimum Gasteiger partial charge on any atom is -0.493 e. The van der Waals surface area contributed by atoms with Crippen molar-refractivity contribution in [3.8, 4) is 17.6 Å². The quantitative estimate of drug-likeness (QED) is 0.0822. The predicted molar refractivity (Wildman–Crippen MR) is 214 cm³/mol. The molecule has 4 aromatic carbocycles. The smallest absolute Gasteiger partial charge is 0.272 e. The molecule has 1 aliphatic rings. The summed E-state index contributed by atoms with van der Waals surface area (Å²) in [7, 11) is 3.02. The summed E-state index contributed by atoms with van der Waals surface area (Å²) in [6.45, 7) is 4.19. The van der Waals surface area contributed by atoms with Gasteiger partial charge in [0.2, 0.25) is 5.91 Å². The first-order chi connectivity index (χ1) is 26.3. The standard InChI is InChI=1S/C42H39N5O5S2/c1-27(39(48)46-42-34(24-43)33-20-21-47(26-37(33)54-42)25-28-12-6-4-7-13-28)53-32-18-11-17-31(23-32)44-41(50)35(45-40(49)29-14-8-5-9-15-29)22-30-16-10-19-36(51-2)38(30)52-3/h4-19,22-23,27H,20-21,25-26H2,1-3H3,(H,44,50)(H,45,49)(H,46,48)/b35-22+. The highest BCUT2D eigenvalue weighted by Crippen LogP contribution is 2.38. The number of thioether (sulfide) groups is 1. The molecule has 1 aliphatic heterocycles. The molecule has 0 radical (unpaired) electrons. The van der Waals surface area contributed by atoms with E-state index in [1.165, 1.54) is 49.0 Å². The average molecular weight is 758 g/mol. The van der Waals surface area contributed by atoms with Crippen molar-refractivity contribution in [3.63, 3.8) is 0 Å².